The Bertz CT molecular complexity index is 823. The van der Waals surface area contributed by atoms with Crippen LogP contribution in [0.15, 0.2) is 29.2 Å². The maximum absolute atomic E-state index is 13.1. The normalized spacial score (nSPS) is 22.5. The van der Waals surface area contributed by atoms with E-state index in [1.54, 1.807) is 45.0 Å². The number of benzene rings is 1. The first-order valence-corrected chi connectivity index (χ1v) is 11.9. The first-order valence-electron chi connectivity index (χ1n) is 9.27. The highest BCUT2D eigenvalue weighted by Crippen LogP contribution is 2.34. The van der Waals surface area contributed by atoms with Crippen molar-refractivity contribution in [2.75, 3.05) is 12.3 Å². The van der Waals surface area contributed by atoms with Gasteiger partial charge < -0.3 is 10.4 Å². The summed E-state index contributed by atoms with van der Waals surface area (Å²) in [5.41, 5.74) is -0.661. The molecule has 1 aliphatic heterocycles. The van der Waals surface area contributed by atoms with Gasteiger partial charge in [-0.15, -0.1) is 11.8 Å². The van der Waals surface area contributed by atoms with Crippen LogP contribution in [-0.4, -0.2) is 48.4 Å². The molecule has 1 aliphatic rings. The SMILES string of the molecule is CCC(C(=O)O)(C(=O)NC1NCCSC1S(=O)(=O)c1ccc(C)cc1)C(C)C. The molecule has 0 saturated carbocycles. The summed E-state index contributed by atoms with van der Waals surface area (Å²) in [6.07, 6.45) is -0.761. The molecule has 1 aromatic rings. The minimum atomic E-state index is -3.73. The molecule has 1 heterocycles. The summed E-state index contributed by atoms with van der Waals surface area (Å²) in [6.45, 7) is 7.40. The number of nitrogens with one attached hydrogen (secondary N) is 2. The number of hydrogen-bond donors (Lipinski definition) is 3. The average Bonchev–Trinajstić information content (AvgIpc) is 2.62. The van der Waals surface area contributed by atoms with Crippen molar-refractivity contribution in [3.8, 4) is 0 Å². The highest BCUT2D eigenvalue weighted by Gasteiger charge is 2.49. The van der Waals surface area contributed by atoms with E-state index in [1.807, 2.05) is 6.92 Å². The van der Waals surface area contributed by atoms with E-state index in [0.717, 1.165) is 5.56 Å². The van der Waals surface area contributed by atoms with Crippen molar-refractivity contribution in [3.05, 3.63) is 29.8 Å². The Morgan fingerprint density at radius 2 is 1.93 bits per heavy atom. The molecule has 156 valence electrons. The summed E-state index contributed by atoms with van der Waals surface area (Å²) in [4.78, 5) is 25.1. The molecule has 9 heteroatoms. The number of carboxylic acids is 1. The lowest BCUT2D eigenvalue weighted by Crippen LogP contribution is -2.61. The summed E-state index contributed by atoms with van der Waals surface area (Å²) in [5, 5.41) is 15.4. The highest BCUT2D eigenvalue weighted by molar-refractivity contribution is 8.13. The van der Waals surface area contributed by atoms with Gasteiger partial charge in [0.05, 0.1) is 4.90 Å². The first kappa shape index (κ1) is 22.7. The molecule has 7 nitrogen and oxygen atoms in total. The standard InChI is InChI=1S/C19H28N2O5S2/c1-5-19(12(2)3,18(23)24)17(22)21-15-16(27-11-10-20-15)28(25,26)14-8-6-13(4)7-9-14/h6-9,12,15-16,20H,5,10-11H2,1-4H3,(H,21,22)(H,23,24). The van der Waals surface area contributed by atoms with Gasteiger partial charge in [0, 0.05) is 12.3 Å². The first-order chi connectivity index (χ1) is 13.1. The van der Waals surface area contributed by atoms with Crippen molar-refractivity contribution in [2.24, 2.45) is 11.3 Å². The molecule has 0 spiro atoms. The molecule has 0 bridgehead atoms. The Labute approximate surface area is 170 Å². The van der Waals surface area contributed by atoms with Crippen LogP contribution < -0.4 is 10.6 Å². The number of carboxylic acid groups (broad SMARTS) is 1. The predicted octanol–water partition coefficient (Wildman–Crippen LogP) is 2.01. The fourth-order valence-corrected chi connectivity index (χ4v) is 6.90. The van der Waals surface area contributed by atoms with Crippen LogP contribution in [0.25, 0.3) is 0 Å². The number of amides is 1. The van der Waals surface area contributed by atoms with Gasteiger partial charge in [0.15, 0.2) is 9.84 Å². The molecule has 1 aromatic carbocycles. The van der Waals surface area contributed by atoms with E-state index in [2.05, 4.69) is 10.6 Å². The van der Waals surface area contributed by atoms with Crippen molar-refractivity contribution >= 4 is 33.5 Å². The summed E-state index contributed by atoms with van der Waals surface area (Å²) in [6, 6.07) is 6.57. The van der Waals surface area contributed by atoms with Crippen molar-refractivity contribution in [1.29, 1.82) is 0 Å². The zero-order valence-electron chi connectivity index (χ0n) is 16.6. The number of hydrogen-bond acceptors (Lipinski definition) is 6. The van der Waals surface area contributed by atoms with Gasteiger partial charge in [0.1, 0.15) is 16.2 Å². The van der Waals surface area contributed by atoms with Crippen molar-refractivity contribution < 1.29 is 23.1 Å². The number of carbonyl (C=O) groups excluding carboxylic acids is 1. The third-order valence-electron chi connectivity index (χ3n) is 5.29. The number of aliphatic carboxylic acids is 1. The molecule has 1 saturated heterocycles. The summed E-state index contributed by atoms with van der Waals surface area (Å²) in [5.74, 6) is -1.74. The zero-order valence-corrected chi connectivity index (χ0v) is 18.2. The second-order valence-electron chi connectivity index (χ2n) is 7.29. The average molecular weight is 429 g/mol. The molecule has 28 heavy (non-hydrogen) atoms. The van der Waals surface area contributed by atoms with Crippen LogP contribution in [0.2, 0.25) is 0 Å². The van der Waals surface area contributed by atoms with Gasteiger partial charge in [-0.25, -0.2) is 8.42 Å². The molecule has 3 N–H and O–H groups in total. The van der Waals surface area contributed by atoms with Crippen LogP contribution in [-0.2, 0) is 19.4 Å². The molecule has 3 atom stereocenters. The number of aryl methyl sites for hydroxylation is 1. The van der Waals surface area contributed by atoms with Crippen molar-refractivity contribution in [3.63, 3.8) is 0 Å². The summed E-state index contributed by atoms with van der Waals surface area (Å²) < 4.78 is 25.4. The van der Waals surface area contributed by atoms with Gasteiger partial charge in [0.25, 0.3) is 0 Å². The Kier molecular flexibility index (Phi) is 7.17. The maximum Gasteiger partial charge on any atom is 0.319 e. The van der Waals surface area contributed by atoms with Crippen molar-refractivity contribution in [2.45, 2.75) is 49.8 Å². The van der Waals surface area contributed by atoms with E-state index < -0.39 is 43.8 Å². The quantitative estimate of drug-likeness (QED) is 0.570. The van der Waals surface area contributed by atoms with E-state index in [0.29, 0.717) is 12.3 Å². The lowest BCUT2D eigenvalue weighted by molar-refractivity contribution is -0.160. The van der Waals surface area contributed by atoms with Crippen molar-refractivity contribution in [1.82, 2.24) is 10.6 Å². The smallest absolute Gasteiger partial charge is 0.319 e. The monoisotopic (exact) mass is 428 g/mol. The predicted molar refractivity (Wildman–Crippen MR) is 110 cm³/mol. The number of sulfone groups is 1. The van der Waals surface area contributed by atoms with Crippen LogP contribution in [0.5, 0.6) is 0 Å². The lowest BCUT2D eigenvalue weighted by Gasteiger charge is -2.37. The summed E-state index contributed by atoms with van der Waals surface area (Å²) in [7, 11) is -3.73. The Balaban J connectivity index is 2.34. The van der Waals surface area contributed by atoms with Gasteiger partial charge in [-0.1, -0.05) is 38.5 Å². The van der Waals surface area contributed by atoms with E-state index in [1.165, 1.54) is 11.8 Å². The second-order valence-corrected chi connectivity index (χ2v) is 10.9. The van der Waals surface area contributed by atoms with E-state index in [-0.39, 0.29) is 11.3 Å². The molecule has 3 unspecified atom stereocenters. The Hall–Kier alpha value is -1.58. The molecule has 1 amide bonds. The largest absolute Gasteiger partial charge is 0.480 e. The van der Waals surface area contributed by atoms with Gasteiger partial charge in [0.2, 0.25) is 5.91 Å². The maximum atomic E-state index is 13.1. The Morgan fingerprint density at radius 3 is 2.43 bits per heavy atom. The zero-order chi connectivity index (χ0) is 21.1. The van der Waals surface area contributed by atoms with Gasteiger partial charge in [-0.05, 0) is 31.4 Å². The topological polar surface area (TPSA) is 113 Å². The van der Waals surface area contributed by atoms with E-state index in [4.69, 9.17) is 0 Å². The fourth-order valence-electron chi connectivity index (χ4n) is 3.43. The molecule has 0 aliphatic carbocycles. The minimum absolute atomic E-state index is 0.112. The fraction of sp³-hybridized carbons (Fsp3) is 0.579. The molecular formula is C19H28N2O5S2. The van der Waals surface area contributed by atoms with E-state index >= 15 is 0 Å². The molecule has 1 fully saturated rings. The van der Waals surface area contributed by atoms with Crippen LogP contribution in [0.1, 0.15) is 32.8 Å². The van der Waals surface area contributed by atoms with Crippen LogP contribution in [0.4, 0.5) is 0 Å². The lowest BCUT2D eigenvalue weighted by atomic mass is 9.74. The minimum Gasteiger partial charge on any atom is -0.480 e. The van der Waals surface area contributed by atoms with Gasteiger partial charge in [-0.3, -0.25) is 14.9 Å². The van der Waals surface area contributed by atoms with Gasteiger partial charge >= 0.3 is 5.97 Å². The third-order valence-corrected chi connectivity index (χ3v) is 9.31. The number of thioether (sulfide) groups is 1. The van der Waals surface area contributed by atoms with E-state index in [9.17, 15) is 23.1 Å². The summed E-state index contributed by atoms with van der Waals surface area (Å²) >= 11 is 1.24. The van der Waals surface area contributed by atoms with Crippen LogP contribution in [0, 0.1) is 18.3 Å². The van der Waals surface area contributed by atoms with Crippen LogP contribution >= 0.6 is 11.8 Å². The second kappa shape index (κ2) is 8.84. The van der Waals surface area contributed by atoms with Gasteiger partial charge in [-0.2, -0.15) is 0 Å². The third kappa shape index (κ3) is 4.21. The number of carbonyl (C=O) groups is 2. The molecular weight excluding hydrogens is 400 g/mol. The molecule has 2 rings (SSSR count). The molecule has 0 radical (unpaired) electrons. The van der Waals surface area contributed by atoms with Crippen LogP contribution in [0.3, 0.4) is 0 Å². The highest BCUT2D eigenvalue weighted by atomic mass is 32.3. The Morgan fingerprint density at radius 1 is 1.32 bits per heavy atom. The molecule has 0 aromatic heterocycles. The number of rotatable bonds is 7.